The fourth-order valence-electron chi connectivity index (χ4n) is 2.77. The van der Waals surface area contributed by atoms with Gasteiger partial charge < -0.3 is 15.5 Å². The standard InChI is InChI=1S/C16H22N4O.HI/c21-15-6-2-9-20(15)12-14-5-1-4-13(10-14)11-19-16-17-7-3-8-18-16;/h1,4-5,10H,2-3,6-9,11-12H2,(H2,17,18,19);1H. The molecule has 0 unspecified atom stereocenters. The second-order valence-corrected chi connectivity index (χ2v) is 5.60. The first kappa shape index (κ1) is 17.1. The molecule has 3 rings (SSSR count). The van der Waals surface area contributed by atoms with E-state index in [4.69, 9.17) is 0 Å². The zero-order chi connectivity index (χ0) is 14.5. The van der Waals surface area contributed by atoms with Crippen LogP contribution in [0.2, 0.25) is 0 Å². The molecule has 0 aromatic heterocycles. The number of rotatable bonds is 4. The summed E-state index contributed by atoms with van der Waals surface area (Å²) in [6, 6.07) is 8.42. The summed E-state index contributed by atoms with van der Waals surface area (Å²) in [7, 11) is 0. The Kier molecular flexibility index (Phi) is 6.48. The van der Waals surface area contributed by atoms with E-state index < -0.39 is 0 Å². The summed E-state index contributed by atoms with van der Waals surface area (Å²) in [4.78, 5) is 18.0. The molecule has 0 bridgehead atoms. The average Bonchev–Trinajstić information content (AvgIpc) is 2.92. The number of carbonyl (C=O) groups excluding carboxylic acids is 1. The number of guanidine groups is 1. The number of nitrogens with zero attached hydrogens (tertiary/aromatic N) is 2. The first-order valence-electron chi connectivity index (χ1n) is 7.69. The molecule has 1 aromatic carbocycles. The number of hydrogen-bond acceptors (Lipinski definition) is 4. The van der Waals surface area contributed by atoms with Crippen LogP contribution in [0.5, 0.6) is 0 Å². The quantitative estimate of drug-likeness (QED) is 0.740. The van der Waals surface area contributed by atoms with Gasteiger partial charge >= 0.3 is 0 Å². The van der Waals surface area contributed by atoms with Gasteiger partial charge in [-0.3, -0.25) is 9.79 Å². The van der Waals surface area contributed by atoms with E-state index in [1.165, 1.54) is 11.1 Å². The van der Waals surface area contributed by atoms with Crippen LogP contribution in [0.1, 0.15) is 30.4 Å². The summed E-state index contributed by atoms with van der Waals surface area (Å²) in [5, 5.41) is 6.58. The van der Waals surface area contributed by atoms with E-state index in [1.54, 1.807) is 0 Å². The van der Waals surface area contributed by atoms with E-state index in [2.05, 4.69) is 39.9 Å². The van der Waals surface area contributed by atoms with Crippen LogP contribution in [0.15, 0.2) is 29.3 Å². The normalized spacial score (nSPS) is 17.5. The molecule has 0 saturated carbocycles. The Morgan fingerprint density at radius 3 is 2.86 bits per heavy atom. The molecule has 0 spiro atoms. The number of carbonyl (C=O) groups is 1. The second-order valence-electron chi connectivity index (χ2n) is 5.60. The highest BCUT2D eigenvalue weighted by molar-refractivity contribution is 14.0. The third-order valence-corrected chi connectivity index (χ3v) is 3.89. The number of likely N-dealkylation sites (tertiary alicyclic amines) is 1. The fraction of sp³-hybridized carbons (Fsp3) is 0.500. The molecule has 2 aliphatic heterocycles. The Morgan fingerprint density at radius 1 is 1.27 bits per heavy atom. The third-order valence-electron chi connectivity index (χ3n) is 3.89. The summed E-state index contributed by atoms with van der Waals surface area (Å²) in [6.07, 6.45) is 2.79. The summed E-state index contributed by atoms with van der Waals surface area (Å²) in [5.41, 5.74) is 2.41. The van der Waals surface area contributed by atoms with Crippen molar-refractivity contribution in [1.29, 1.82) is 0 Å². The lowest BCUT2D eigenvalue weighted by Gasteiger charge is -2.17. The van der Waals surface area contributed by atoms with Gasteiger partial charge in [0.25, 0.3) is 0 Å². The fourth-order valence-corrected chi connectivity index (χ4v) is 2.77. The van der Waals surface area contributed by atoms with Crippen LogP contribution in [0.4, 0.5) is 0 Å². The van der Waals surface area contributed by atoms with Crippen LogP contribution in [-0.4, -0.2) is 36.4 Å². The number of hydrogen-bond donors (Lipinski definition) is 2. The maximum atomic E-state index is 11.7. The predicted octanol–water partition coefficient (Wildman–Crippen LogP) is 1.87. The van der Waals surface area contributed by atoms with Crippen molar-refractivity contribution in [2.24, 2.45) is 4.99 Å². The number of nitrogens with one attached hydrogen (secondary N) is 2. The number of aliphatic imine (C=N–C) groups is 1. The lowest BCUT2D eigenvalue weighted by Crippen LogP contribution is -2.40. The van der Waals surface area contributed by atoms with Gasteiger partial charge in [-0.1, -0.05) is 24.3 Å². The molecule has 0 atom stereocenters. The molecule has 1 aromatic rings. The molecule has 1 fully saturated rings. The van der Waals surface area contributed by atoms with Crippen LogP contribution < -0.4 is 10.6 Å². The molecule has 2 aliphatic rings. The first-order chi connectivity index (χ1) is 10.3. The lowest BCUT2D eigenvalue weighted by molar-refractivity contribution is -0.128. The van der Waals surface area contributed by atoms with Crippen molar-refractivity contribution in [3.63, 3.8) is 0 Å². The predicted molar refractivity (Wildman–Crippen MR) is 98.3 cm³/mol. The Bertz CT molecular complexity index is 547. The minimum Gasteiger partial charge on any atom is -0.356 e. The number of halogens is 1. The monoisotopic (exact) mass is 414 g/mol. The highest BCUT2D eigenvalue weighted by Crippen LogP contribution is 2.15. The molecular weight excluding hydrogens is 391 g/mol. The van der Waals surface area contributed by atoms with Crippen LogP contribution in [0, 0.1) is 0 Å². The van der Waals surface area contributed by atoms with Crippen molar-refractivity contribution in [2.45, 2.75) is 32.4 Å². The first-order valence-corrected chi connectivity index (χ1v) is 7.69. The van der Waals surface area contributed by atoms with E-state index in [1.807, 2.05) is 4.90 Å². The van der Waals surface area contributed by atoms with Gasteiger partial charge in [0.1, 0.15) is 0 Å². The minimum atomic E-state index is 0. The van der Waals surface area contributed by atoms with Crippen molar-refractivity contribution in [1.82, 2.24) is 15.5 Å². The van der Waals surface area contributed by atoms with Crippen LogP contribution in [-0.2, 0) is 17.9 Å². The van der Waals surface area contributed by atoms with Crippen LogP contribution in [0.3, 0.4) is 0 Å². The van der Waals surface area contributed by atoms with Crippen molar-refractivity contribution < 1.29 is 4.79 Å². The third kappa shape index (κ3) is 4.59. The van der Waals surface area contributed by atoms with Crippen molar-refractivity contribution in [2.75, 3.05) is 19.6 Å². The highest BCUT2D eigenvalue weighted by Gasteiger charge is 2.19. The van der Waals surface area contributed by atoms with E-state index in [9.17, 15) is 4.79 Å². The van der Waals surface area contributed by atoms with Crippen molar-refractivity contribution >= 4 is 35.8 Å². The maximum Gasteiger partial charge on any atom is 0.222 e. The summed E-state index contributed by atoms with van der Waals surface area (Å²) >= 11 is 0. The summed E-state index contributed by atoms with van der Waals surface area (Å²) in [6.45, 7) is 4.26. The van der Waals surface area contributed by atoms with Crippen molar-refractivity contribution in [3.8, 4) is 0 Å². The van der Waals surface area contributed by atoms with Gasteiger partial charge in [0.15, 0.2) is 5.96 Å². The molecule has 0 aliphatic carbocycles. The Balaban J connectivity index is 0.00000176. The highest BCUT2D eigenvalue weighted by atomic mass is 127. The van der Waals surface area contributed by atoms with Crippen LogP contribution in [0.25, 0.3) is 0 Å². The molecule has 2 heterocycles. The van der Waals surface area contributed by atoms with Gasteiger partial charge in [-0.05, 0) is 24.0 Å². The molecule has 6 heteroatoms. The Hall–Kier alpha value is -1.31. The largest absolute Gasteiger partial charge is 0.356 e. The average molecular weight is 414 g/mol. The zero-order valence-corrected chi connectivity index (χ0v) is 15.0. The van der Waals surface area contributed by atoms with Gasteiger partial charge in [-0.15, -0.1) is 24.0 Å². The topological polar surface area (TPSA) is 56.7 Å². The SMILES string of the molecule is I.O=C1CCCN1Cc1cccc(CNC2=NCCCN2)c1. The minimum absolute atomic E-state index is 0. The number of benzene rings is 1. The van der Waals surface area contributed by atoms with Gasteiger partial charge in [0, 0.05) is 39.1 Å². The Labute approximate surface area is 148 Å². The van der Waals surface area contributed by atoms with Gasteiger partial charge in [-0.2, -0.15) is 0 Å². The van der Waals surface area contributed by atoms with Gasteiger partial charge in [0.05, 0.1) is 0 Å². The molecule has 5 nitrogen and oxygen atoms in total. The Morgan fingerprint density at radius 2 is 2.14 bits per heavy atom. The van der Waals surface area contributed by atoms with E-state index in [0.717, 1.165) is 51.5 Å². The second kappa shape index (κ2) is 8.36. The molecule has 2 N–H and O–H groups in total. The number of amides is 1. The van der Waals surface area contributed by atoms with Gasteiger partial charge in [0.2, 0.25) is 5.91 Å². The van der Waals surface area contributed by atoms with E-state index >= 15 is 0 Å². The van der Waals surface area contributed by atoms with Crippen LogP contribution >= 0.6 is 24.0 Å². The smallest absolute Gasteiger partial charge is 0.222 e. The van der Waals surface area contributed by atoms with E-state index in [-0.39, 0.29) is 29.9 Å². The molecule has 22 heavy (non-hydrogen) atoms. The van der Waals surface area contributed by atoms with Crippen molar-refractivity contribution in [3.05, 3.63) is 35.4 Å². The molecule has 0 radical (unpaired) electrons. The summed E-state index contributed by atoms with van der Waals surface area (Å²) in [5.74, 6) is 1.17. The molecule has 1 saturated heterocycles. The maximum absolute atomic E-state index is 11.7. The molecule has 1 amide bonds. The zero-order valence-electron chi connectivity index (χ0n) is 12.7. The van der Waals surface area contributed by atoms with E-state index in [0.29, 0.717) is 6.42 Å². The summed E-state index contributed by atoms with van der Waals surface area (Å²) < 4.78 is 0. The molecule has 120 valence electrons. The van der Waals surface area contributed by atoms with Gasteiger partial charge in [-0.25, -0.2) is 0 Å². The lowest BCUT2D eigenvalue weighted by atomic mass is 10.1. The molecular formula is C16H23IN4O.